The Balaban J connectivity index is 1.48. The maximum absolute atomic E-state index is 13.0. The van der Waals surface area contributed by atoms with Crippen LogP contribution in [0.5, 0.6) is 0 Å². The highest BCUT2D eigenvalue weighted by molar-refractivity contribution is 7.89. The zero-order valence-corrected chi connectivity index (χ0v) is 16.5. The number of hydrogen-bond acceptors (Lipinski definition) is 6. The molecule has 0 radical (unpaired) electrons. The van der Waals surface area contributed by atoms with Crippen LogP contribution in [-0.4, -0.2) is 48.0 Å². The molecule has 4 rings (SSSR count). The van der Waals surface area contributed by atoms with Crippen molar-refractivity contribution in [2.24, 2.45) is 0 Å². The Morgan fingerprint density at radius 3 is 2.41 bits per heavy atom. The molecule has 2 aliphatic heterocycles. The molecule has 0 spiro atoms. The summed E-state index contributed by atoms with van der Waals surface area (Å²) in [4.78, 5) is 2.77. The van der Waals surface area contributed by atoms with Gasteiger partial charge in [-0.3, -0.25) is 4.90 Å². The molecule has 2 aliphatic rings. The number of anilines is 1. The first-order chi connectivity index (χ1) is 12.8. The van der Waals surface area contributed by atoms with Crippen LogP contribution in [0.2, 0.25) is 0 Å². The SMILES string of the molecule is Cc1cc(CN2C3CCC2CC(N(C)S(=O)(=O)c2ccc(N)cc2)C3)no1. The first-order valence-electron chi connectivity index (χ1n) is 9.36. The summed E-state index contributed by atoms with van der Waals surface area (Å²) >= 11 is 0. The summed E-state index contributed by atoms with van der Waals surface area (Å²) in [6, 6.07) is 9.18. The summed E-state index contributed by atoms with van der Waals surface area (Å²) < 4.78 is 32.7. The van der Waals surface area contributed by atoms with Crippen molar-refractivity contribution in [2.75, 3.05) is 12.8 Å². The van der Waals surface area contributed by atoms with E-state index < -0.39 is 10.0 Å². The van der Waals surface area contributed by atoms with Gasteiger partial charge in [-0.15, -0.1) is 0 Å². The van der Waals surface area contributed by atoms with Crippen LogP contribution in [0.1, 0.15) is 37.1 Å². The van der Waals surface area contributed by atoms with Crippen molar-refractivity contribution in [2.45, 2.75) is 62.2 Å². The van der Waals surface area contributed by atoms with E-state index in [1.54, 1.807) is 35.6 Å². The molecular formula is C19H26N4O3S. The number of rotatable bonds is 5. The van der Waals surface area contributed by atoms with Gasteiger partial charge in [-0.25, -0.2) is 8.42 Å². The van der Waals surface area contributed by atoms with E-state index in [0.29, 0.717) is 22.7 Å². The van der Waals surface area contributed by atoms with Crippen LogP contribution in [0.15, 0.2) is 39.8 Å². The second-order valence-electron chi connectivity index (χ2n) is 7.70. The molecule has 7 nitrogen and oxygen atoms in total. The molecule has 2 N–H and O–H groups in total. The van der Waals surface area contributed by atoms with Crippen molar-refractivity contribution in [1.82, 2.24) is 14.4 Å². The summed E-state index contributed by atoms with van der Waals surface area (Å²) in [6.07, 6.45) is 3.90. The normalized spacial score (nSPS) is 26.0. The highest BCUT2D eigenvalue weighted by Gasteiger charge is 2.44. The lowest BCUT2D eigenvalue weighted by atomic mass is 9.97. The van der Waals surface area contributed by atoms with E-state index in [9.17, 15) is 8.42 Å². The first kappa shape index (κ1) is 18.5. The van der Waals surface area contributed by atoms with Gasteiger partial charge in [-0.05, 0) is 56.9 Å². The number of benzene rings is 1. The number of aryl methyl sites for hydroxylation is 1. The molecule has 2 atom stereocenters. The standard InChI is InChI=1S/C19H26N4O3S/c1-13-9-15(21-26-13)12-23-16-5-6-17(23)11-18(10-16)22(2)27(24,25)19-7-3-14(20)4-8-19/h3-4,7-9,16-18H,5-6,10-12,20H2,1-2H3. The molecule has 2 saturated heterocycles. The molecule has 146 valence electrons. The van der Waals surface area contributed by atoms with Crippen molar-refractivity contribution in [3.63, 3.8) is 0 Å². The highest BCUT2D eigenvalue weighted by Crippen LogP contribution is 2.39. The average Bonchev–Trinajstić information content (AvgIpc) is 3.14. The quantitative estimate of drug-likeness (QED) is 0.788. The van der Waals surface area contributed by atoms with Gasteiger partial charge in [-0.1, -0.05) is 5.16 Å². The number of aromatic nitrogens is 1. The second-order valence-corrected chi connectivity index (χ2v) is 9.70. The Hall–Kier alpha value is -1.90. The van der Waals surface area contributed by atoms with Crippen LogP contribution in [0.25, 0.3) is 0 Å². The fourth-order valence-electron chi connectivity index (χ4n) is 4.48. The van der Waals surface area contributed by atoms with Gasteiger partial charge in [0.1, 0.15) is 5.76 Å². The van der Waals surface area contributed by atoms with E-state index in [2.05, 4.69) is 10.1 Å². The Kier molecular flexibility index (Phi) is 4.73. The third-order valence-electron chi connectivity index (χ3n) is 5.95. The topological polar surface area (TPSA) is 92.7 Å². The second kappa shape index (κ2) is 6.92. The van der Waals surface area contributed by atoms with Gasteiger partial charge in [0.25, 0.3) is 0 Å². The molecule has 8 heteroatoms. The van der Waals surface area contributed by atoms with E-state index in [1.165, 1.54) is 0 Å². The largest absolute Gasteiger partial charge is 0.399 e. The summed E-state index contributed by atoms with van der Waals surface area (Å²) in [5.41, 5.74) is 7.20. The number of nitrogens with two attached hydrogens (primary N) is 1. The van der Waals surface area contributed by atoms with Crippen LogP contribution in [-0.2, 0) is 16.6 Å². The van der Waals surface area contributed by atoms with Crippen molar-refractivity contribution >= 4 is 15.7 Å². The monoisotopic (exact) mass is 390 g/mol. The average molecular weight is 391 g/mol. The number of fused-ring (bicyclic) bond motifs is 2. The molecule has 0 saturated carbocycles. The van der Waals surface area contributed by atoms with Crippen LogP contribution in [0, 0.1) is 6.92 Å². The van der Waals surface area contributed by atoms with Crippen LogP contribution < -0.4 is 5.73 Å². The van der Waals surface area contributed by atoms with E-state index in [0.717, 1.165) is 43.7 Å². The van der Waals surface area contributed by atoms with Gasteiger partial charge in [0.15, 0.2) is 0 Å². The lowest BCUT2D eigenvalue weighted by molar-refractivity contribution is 0.0884. The van der Waals surface area contributed by atoms with E-state index in [-0.39, 0.29) is 6.04 Å². The maximum atomic E-state index is 13.0. The van der Waals surface area contributed by atoms with Crippen molar-refractivity contribution in [1.29, 1.82) is 0 Å². The molecule has 3 heterocycles. The van der Waals surface area contributed by atoms with Gasteiger partial charge in [0.2, 0.25) is 10.0 Å². The van der Waals surface area contributed by atoms with E-state index >= 15 is 0 Å². The Morgan fingerprint density at radius 2 is 1.85 bits per heavy atom. The third kappa shape index (κ3) is 3.49. The Morgan fingerprint density at radius 1 is 1.22 bits per heavy atom. The minimum atomic E-state index is -3.52. The molecule has 1 aromatic heterocycles. The molecule has 0 amide bonds. The maximum Gasteiger partial charge on any atom is 0.243 e. The van der Waals surface area contributed by atoms with Gasteiger partial charge < -0.3 is 10.3 Å². The van der Waals surface area contributed by atoms with Crippen molar-refractivity contribution in [3.8, 4) is 0 Å². The molecule has 2 fully saturated rings. The lowest BCUT2D eigenvalue weighted by Crippen LogP contribution is -2.50. The summed E-state index contributed by atoms with van der Waals surface area (Å²) in [7, 11) is -1.81. The highest BCUT2D eigenvalue weighted by atomic mass is 32.2. The van der Waals surface area contributed by atoms with E-state index in [1.807, 2.05) is 13.0 Å². The zero-order valence-electron chi connectivity index (χ0n) is 15.7. The minimum absolute atomic E-state index is 0.0142. The van der Waals surface area contributed by atoms with Crippen LogP contribution in [0.4, 0.5) is 5.69 Å². The lowest BCUT2D eigenvalue weighted by Gasteiger charge is -2.41. The van der Waals surface area contributed by atoms with Gasteiger partial charge in [0, 0.05) is 43.5 Å². The minimum Gasteiger partial charge on any atom is -0.399 e. The number of nitrogen functional groups attached to an aromatic ring is 1. The van der Waals surface area contributed by atoms with Gasteiger partial charge in [-0.2, -0.15) is 4.31 Å². The molecule has 0 aliphatic carbocycles. The molecule has 2 bridgehead atoms. The first-order valence-corrected chi connectivity index (χ1v) is 10.8. The molecule has 1 aromatic carbocycles. The number of nitrogens with zero attached hydrogens (tertiary/aromatic N) is 3. The molecule has 27 heavy (non-hydrogen) atoms. The Labute approximate surface area is 160 Å². The summed E-state index contributed by atoms with van der Waals surface area (Å²) in [6.45, 7) is 2.67. The number of hydrogen-bond donors (Lipinski definition) is 1. The number of sulfonamides is 1. The summed E-state index contributed by atoms with van der Waals surface area (Å²) in [5, 5.41) is 4.11. The molecule has 2 aromatic rings. The predicted molar refractivity (Wildman–Crippen MR) is 102 cm³/mol. The fourth-order valence-corrected chi connectivity index (χ4v) is 5.86. The molecule has 2 unspecified atom stereocenters. The van der Waals surface area contributed by atoms with Gasteiger partial charge in [0.05, 0.1) is 10.6 Å². The fraction of sp³-hybridized carbons (Fsp3) is 0.526. The smallest absolute Gasteiger partial charge is 0.243 e. The zero-order chi connectivity index (χ0) is 19.2. The van der Waals surface area contributed by atoms with Crippen LogP contribution >= 0.6 is 0 Å². The van der Waals surface area contributed by atoms with Crippen LogP contribution in [0.3, 0.4) is 0 Å². The summed E-state index contributed by atoms with van der Waals surface area (Å²) in [5.74, 6) is 0.821. The Bertz CT molecular complexity index is 895. The predicted octanol–water partition coefficient (Wildman–Crippen LogP) is 2.38. The van der Waals surface area contributed by atoms with Crippen molar-refractivity contribution < 1.29 is 12.9 Å². The third-order valence-corrected chi connectivity index (χ3v) is 7.88. The number of piperidine rings is 1. The van der Waals surface area contributed by atoms with Gasteiger partial charge >= 0.3 is 0 Å². The van der Waals surface area contributed by atoms with Crippen molar-refractivity contribution in [3.05, 3.63) is 41.8 Å². The molecular weight excluding hydrogens is 364 g/mol. The van der Waals surface area contributed by atoms with E-state index in [4.69, 9.17) is 10.3 Å².